The van der Waals surface area contributed by atoms with Crippen molar-refractivity contribution < 1.29 is 4.74 Å². The van der Waals surface area contributed by atoms with E-state index < -0.39 is 0 Å². The van der Waals surface area contributed by atoms with E-state index in [2.05, 4.69) is 47.1 Å². The first-order chi connectivity index (χ1) is 9.77. The maximum Gasteiger partial charge on any atom is 0.140 e. The minimum absolute atomic E-state index is 0.0606. The second kappa shape index (κ2) is 6.46. The molecular formula is C16H21BrN2OS. The molecule has 0 saturated heterocycles. The van der Waals surface area contributed by atoms with Crippen LogP contribution in [-0.4, -0.2) is 4.98 Å². The van der Waals surface area contributed by atoms with E-state index in [1.807, 2.05) is 25.1 Å². The van der Waals surface area contributed by atoms with E-state index in [-0.39, 0.29) is 11.5 Å². The predicted molar refractivity (Wildman–Crippen MR) is 91.9 cm³/mol. The predicted octanol–water partition coefficient (Wildman–Crippen LogP) is 4.80. The smallest absolute Gasteiger partial charge is 0.140 e. The van der Waals surface area contributed by atoms with Gasteiger partial charge in [0.05, 0.1) is 5.69 Å². The van der Waals surface area contributed by atoms with Crippen LogP contribution in [-0.2, 0) is 12.0 Å². The van der Waals surface area contributed by atoms with Gasteiger partial charge >= 0.3 is 0 Å². The van der Waals surface area contributed by atoms with Crippen molar-refractivity contribution in [3.8, 4) is 5.75 Å². The second-order valence-corrected chi connectivity index (χ2v) is 7.99. The molecule has 2 aromatic rings. The van der Waals surface area contributed by atoms with E-state index in [9.17, 15) is 0 Å². The highest BCUT2D eigenvalue weighted by Gasteiger charge is 2.18. The number of nitrogens with zero attached hydrogens (tertiary/aromatic N) is 1. The fourth-order valence-electron chi connectivity index (χ4n) is 1.87. The van der Waals surface area contributed by atoms with Crippen LogP contribution in [0.3, 0.4) is 0 Å². The van der Waals surface area contributed by atoms with Gasteiger partial charge in [-0.3, -0.25) is 0 Å². The molecule has 21 heavy (non-hydrogen) atoms. The van der Waals surface area contributed by atoms with Crippen molar-refractivity contribution in [1.29, 1.82) is 0 Å². The van der Waals surface area contributed by atoms with Gasteiger partial charge in [0.2, 0.25) is 0 Å². The molecule has 0 saturated carbocycles. The van der Waals surface area contributed by atoms with Gasteiger partial charge in [-0.15, -0.1) is 11.3 Å². The van der Waals surface area contributed by atoms with Gasteiger partial charge in [0, 0.05) is 26.9 Å². The summed E-state index contributed by atoms with van der Waals surface area (Å²) in [6.07, 6.45) is 0. The lowest BCUT2D eigenvalue weighted by Crippen LogP contribution is -2.12. The van der Waals surface area contributed by atoms with Crippen LogP contribution in [0.5, 0.6) is 5.75 Å². The number of thiazole rings is 1. The highest BCUT2D eigenvalue weighted by atomic mass is 79.9. The number of rotatable bonds is 4. The first-order valence-corrected chi connectivity index (χ1v) is 8.57. The number of hydrogen-bond donors (Lipinski definition) is 1. The summed E-state index contributed by atoms with van der Waals surface area (Å²) in [5.41, 5.74) is 8.17. The number of aromatic nitrogens is 1. The Labute approximate surface area is 138 Å². The Bertz CT molecular complexity index is 617. The second-order valence-electron chi connectivity index (χ2n) is 6.14. The van der Waals surface area contributed by atoms with Crippen molar-refractivity contribution in [3.63, 3.8) is 0 Å². The molecule has 1 atom stereocenters. The largest absolute Gasteiger partial charge is 0.486 e. The Kier molecular flexibility index (Phi) is 5.07. The van der Waals surface area contributed by atoms with Gasteiger partial charge in [0.15, 0.2) is 0 Å². The van der Waals surface area contributed by atoms with E-state index >= 15 is 0 Å². The van der Waals surface area contributed by atoms with Crippen molar-refractivity contribution in [1.82, 2.24) is 4.98 Å². The molecule has 2 rings (SSSR count). The lowest BCUT2D eigenvalue weighted by molar-refractivity contribution is 0.300. The van der Waals surface area contributed by atoms with Crippen LogP contribution in [0, 0.1) is 0 Å². The highest BCUT2D eigenvalue weighted by molar-refractivity contribution is 9.10. The van der Waals surface area contributed by atoms with Crippen LogP contribution < -0.4 is 10.5 Å². The number of ether oxygens (including phenoxy) is 1. The maximum atomic E-state index is 5.99. The normalized spacial score (nSPS) is 13.2. The zero-order chi connectivity index (χ0) is 15.6. The maximum absolute atomic E-state index is 5.99. The Morgan fingerprint density at radius 1 is 1.38 bits per heavy atom. The van der Waals surface area contributed by atoms with Crippen LogP contribution in [0.2, 0.25) is 0 Å². The average Bonchev–Trinajstić information content (AvgIpc) is 2.84. The van der Waals surface area contributed by atoms with E-state index in [0.29, 0.717) is 6.61 Å². The quantitative estimate of drug-likeness (QED) is 0.842. The molecule has 0 fully saturated rings. The molecule has 1 unspecified atom stereocenters. The molecule has 0 radical (unpaired) electrons. The topological polar surface area (TPSA) is 48.1 Å². The molecule has 1 heterocycles. The minimum Gasteiger partial charge on any atom is -0.486 e. The summed E-state index contributed by atoms with van der Waals surface area (Å²) in [4.78, 5) is 4.64. The zero-order valence-corrected chi connectivity index (χ0v) is 15.2. The molecule has 0 aliphatic heterocycles. The zero-order valence-electron chi connectivity index (χ0n) is 12.8. The Morgan fingerprint density at radius 3 is 2.67 bits per heavy atom. The summed E-state index contributed by atoms with van der Waals surface area (Å²) < 4.78 is 6.91. The lowest BCUT2D eigenvalue weighted by atomic mass is 9.93. The van der Waals surface area contributed by atoms with Crippen LogP contribution >= 0.6 is 27.3 Å². The summed E-state index contributed by atoms with van der Waals surface area (Å²) in [7, 11) is 0. The molecule has 0 bridgehead atoms. The van der Waals surface area contributed by atoms with Crippen molar-refractivity contribution in [2.45, 2.75) is 45.8 Å². The number of nitrogens with two attached hydrogens (primary N) is 1. The summed E-state index contributed by atoms with van der Waals surface area (Å²) >= 11 is 5.10. The molecule has 0 aliphatic rings. The number of halogens is 1. The van der Waals surface area contributed by atoms with E-state index in [1.165, 1.54) is 0 Å². The highest BCUT2D eigenvalue weighted by Crippen LogP contribution is 2.29. The van der Waals surface area contributed by atoms with E-state index in [4.69, 9.17) is 10.5 Å². The molecule has 0 amide bonds. The average molecular weight is 369 g/mol. The third-order valence-corrected chi connectivity index (χ3v) is 4.45. The van der Waals surface area contributed by atoms with Crippen molar-refractivity contribution in [3.05, 3.63) is 44.3 Å². The Balaban J connectivity index is 2.13. The van der Waals surface area contributed by atoms with Crippen molar-refractivity contribution in [2.24, 2.45) is 5.73 Å². The minimum atomic E-state index is -0.0606. The fraction of sp³-hybridized carbons (Fsp3) is 0.438. The molecule has 5 heteroatoms. The first kappa shape index (κ1) is 16.5. The molecule has 1 aromatic heterocycles. The standard InChI is InChI=1S/C16H21BrN2OS/c1-10(18)12-6-5-11(17)7-13(12)20-8-15-19-14(9-21-15)16(2,3)4/h5-7,9-10H,8,18H2,1-4H3. The third kappa shape index (κ3) is 4.28. The van der Waals surface area contributed by atoms with Crippen LogP contribution in [0.4, 0.5) is 0 Å². The SMILES string of the molecule is CC(N)c1ccc(Br)cc1OCc1nc(C(C)(C)C)cs1. The van der Waals surface area contributed by atoms with Crippen molar-refractivity contribution in [2.75, 3.05) is 0 Å². The molecule has 0 spiro atoms. The first-order valence-electron chi connectivity index (χ1n) is 6.90. The molecule has 3 nitrogen and oxygen atoms in total. The summed E-state index contributed by atoms with van der Waals surface area (Å²) in [5, 5.41) is 3.09. The van der Waals surface area contributed by atoms with E-state index in [1.54, 1.807) is 11.3 Å². The van der Waals surface area contributed by atoms with Crippen LogP contribution in [0.15, 0.2) is 28.1 Å². The number of hydrogen-bond acceptors (Lipinski definition) is 4. The fourth-order valence-corrected chi connectivity index (χ4v) is 3.14. The van der Waals surface area contributed by atoms with Gasteiger partial charge in [0.1, 0.15) is 17.4 Å². The monoisotopic (exact) mass is 368 g/mol. The van der Waals surface area contributed by atoms with E-state index in [0.717, 1.165) is 26.5 Å². The van der Waals surface area contributed by atoms with Gasteiger partial charge in [0.25, 0.3) is 0 Å². The van der Waals surface area contributed by atoms with Gasteiger partial charge in [-0.1, -0.05) is 42.8 Å². The van der Waals surface area contributed by atoms with Gasteiger partial charge in [-0.25, -0.2) is 4.98 Å². The van der Waals surface area contributed by atoms with Gasteiger partial charge < -0.3 is 10.5 Å². The number of benzene rings is 1. The van der Waals surface area contributed by atoms with Gasteiger partial charge in [-0.2, -0.15) is 0 Å². The van der Waals surface area contributed by atoms with Crippen LogP contribution in [0.25, 0.3) is 0 Å². The van der Waals surface area contributed by atoms with Crippen LogP contribution in [0.1, 0.15) is 50.0 Å². The molecule has 0 aliphatic carbocycles. The summed E-state index contributed by atoms with van der Waals surface area (Å²) in [6, 6.07) is 5.87. The third-order valence-electron chi connectivity index (χ3n) is 3.14. The molecule has 1 aromatic carbocycles. The lowest BCUT2D eigenvalue weighted by Gasteiger charge is -2.15. The Morgan fingerprint density at radius 2 is 2.10 bits per heavy atom. The molecular weight excluding hydrogens is 348 g/mol. The molecule has 114 valence electrons. The summed E-state index contributed by atoms with van der Waals surface area (Å²) in [6.45, 7) is 8.91. The summed E-state index contributed by atoms with van der Waals surface area (Å²) in [5.74, 6) is 0.812. The molecule has 2 N–H and O–H groups in total. The van der Waals surface area contributed by atoms with Crippen molar-refractivity contribution >= 4 is 27.3 Å². The Hall–Kier alpha value is -0.910. The van der Waals surface area contributed by atoms with Gasteiger partial charge in [-0.05, 0) is 19.1 Å².